The number of carbonyl (C=O) groups excluding carboxylic acids is 2. The van der Waals surface area contributed by atoms with E-state index >= 15 is 0 Å². The van der Waals surface area contributed by atoms with Crippen LogP contribution in [0.2, 0.25) is 0 Å². The van der Waals surface area contributed by atoms with Crippen LogP contribution in [-0.4, -0.2) is 31.3 Å². The van der Waals surface area contributed by atoms with Crippen molar-refractivity contribution in [3.05, 3.63) is 48.1 Å². The monoisotopic (exact) mass is 317 g/mol. The molecular formula is C18H21O5. The summed E-state index contributed by atoms with van der Waals surface area (Å²) in [4.78, 5) is 23.8. The van der Waals surface area contributed by atoms with Gasteiger partial charge in [-0.2, -0.15) is 0 Å². The summed E-state index contributed by atoms with van der Waals surface area (Å²) in [6.07, 6.45) is 3.91. The molecule has 5 nitrogen and oxygen atoms in total. The topological polar surface area (TPSA) is 61.8 Å². The molecule has 1 atom stereocenters. The van der Waals surface area contributed by atoms with Crippen molar-refractivity contribution in [2.75, 3.05) is 13.2 Å². The Morgan fingerprint density at radius 2 is 1.65 bits per heavy atom. The third-order valence-electron chi connectivity index (χ3n) is 2.78. The van der Waals surface area contributed by atoms with Gasteiger partial charge in [-0.15, -0.1) is 0 Å². The summed E-state index contributed by atoms with van der Waals surface area (Å²) in [5.74, 6) is -0.776. The molecule has 0 fully saturated rings. The third kappa shape index (κ3) is 5.98. The van der Waals surface area contributed by atoms with Crippen LogP contribution in [0.5, 0.6) is 5.75 Å². The van der Waals surface area contributed by atoms with Gasteiger partial charge in [-0.05, 0) is 50.6 Å². The van der Waals surface area contributed by atoms with Crippen LogP contribution in [0.25, 0.3) is 6.08 Å². The van der Waals surface area contributed by atoms with E-state index in [1.165, 1.54) is 6.08 Å². The fourth-order valence-electron chi connectivity index (χ4n) is 1.67. The van der Waals surface area contributed by atoms with Gasteiger partial charge in [-0.1, -0.05) is 18.7 Å². The second kappa shape index (κ2) is 9.46. The van der Waals surface area contributed by atoms with Crippen LogP contribution in [0.4, 0.5) is 0 Å². The summed E-state index contributed by atoms with van der Waals surface area (Å²) in [5.41, 5.74) is 0.513. The van der Waals surface area contributed by atoms with Crippen LogP contribution in [0.1, 0.15) is 26.3 Å². The molecule has 0 aliphatic heterocycles. The number of benzene rings is 1. The summed E-state index contributed by atoms with van der Waals surface area (Å²) in [7, 11) is 0. The predicted octanol–water partition coefficient (Wildman–Crippen LogP) is 2.95. The van der Waals surface area contributed by atoms with E-state index in [0.717, 1.165) is 0 Å². The molecule has 0 heterocycles. The third-order valence-corrected chi connectivity index (χ3v) is 2.78. The SMILES string of the molecule is C=[C]C(C)Oc1ccc(C=C(C(=O)OCC)C(=O)OCC)cc1. The molecule has 0 saturated carbocycles. The largest absolute Gasteiger partial charge is 0.486 e. The molecule has 1 aromatic rings. The standard InChI is InChI=1S/C18H21O5/c1-5-13(4)23-15-10-8-14(9-11-15)12-16(17(19)21-6-2)18(20)22-7-3/h8-13H,1,6-7H2,2-4H3. The molecule has 0 saturated heterocycles. The van der Waals surface area contributed by atoms with Gasteiger partial charge in [-0.25, -0.2) is 9.59 Å². The van der Waals surface area contributed by atoms with Gasteiger partial charge in [-0.3, -0.25) is 0 Å². The zero-order chi connectivity index (χ0) is 17.2. The maximum Gasteiger partial charge on any atom is 0.345 e. The summed E-state index contributed by atoms with van der Waals surface area (Å²) in [6.45, 7) is 9.05. The minimum absolute atomic E-state index is 0.143. The lowest BCUT2D eigenvalue weighted by atomic mass is 10.1. The van der Waals surface area contributed by atoms with Crippen molar-refractivity contribution in [3.8, 4) is 5.75 Å². The van der Waals surface area contributed by atoms with E-state index in [0.29, 0.717) is 11.3 Å². The number of rotatable bonds is 8. The normalized spacial score (nSPS) is 11.1. The molecule has 1 aromatic carbocycles. The highest BCUT2D eigenvalue weighted by atomic mass is 16.6. The van der Waals surface area contributed by atoms with Crippen LogP contribution in [0, 0.1) is 6.08 Å². The minimum atomic E-state index is -0.707. The lowest BCUT2D eigenvalue weighted by Crippen LogP contribution is -2.18. The van der Waals surface area contributed by atoms with Gasteiger partial charge >= 0.3 is 11.9 Å². The second-order valence-electron chi connectivity index (χ2n) is 4.53. The van der Waals surface area contributed by atoms with Crippen LogP contribution in [0.15, 0.2) is 36.4 Å². The van der Waals surface area contributed by atoms with Crippen molar-refractivity contribution in [2.45, 2.75) is 26.9 Å². The quantitative estimate of drug-likeness (QED) is 0.319. The van der Waals surface area contributed by atoms with Crippen molar-refractivity contribution in [2.24, 2.45) is 0 Å². The molecule has 0 N–H and O–H groups in total. The number of esters is 2. The molecule has 1 rings (SSSR count). The van der Waals surface area contributed by atoms with Gasteiger partial charge in [0.2, 0.25) is 0 Å². The predicted molar refractivity (Wildman–Crippen MR) is 86.6 cm³/mol. The van der Waals surface area contributed by atoms with E-state index in [-0.39, 0.29) is 24.9 Å². The molecule has 0 aliphatic rings. The van der Waals surface area contributed by atoms with Crippen LogP contribution >= 0.6 is 0 Å². The zero-order valence-electron chi connectivity index (χ0n) is 13.6. The second-order valence-corrected chi connectivity index (χ2v) is 4.53. The van der Waals surface area contributed by atoms with Gasteiger partial charge < -0.3 is 14.2 Å². The number of hydrogen-bond donors (Lipinski definition) is 0. The molecule has 5 heteroatoms. The molecule has 123 valence electrons. The Labute approximate surface area is 136 Å². The first-order valence-electron chi connectivity index (χ1n) is 7.37. The maximum atomic E-state index is 11.9. The van der Waals surface area contributed by atoms with Crippen molar-refractivity contribution in [3.63, 3.8) is 0 Å². The summed E-state index contributed by atoms with van der Waals surface area (Å²) >= 11 is 0. The van der Waals surface area contributed by atoms with Gasteiger partial charge in [0.15, 0.2) is 0 Å². The molecule has 0 spiro atoms. The zero-order valence-corrected chi connectivity index (χ0v) is 13.6. The molecule has 0 aromatic heterocycles. The van der Waals surface area contributed by atoms with Crippen molar-refractivity contribution in [1.29, 1.82) is 0 Å². The Morgan fingerprint density at radius 1 is 1.13 bits per heavy atom. The molecule has 0 aliphatic carbocycles. The fraction of sp³-hybridized carbons (Fsp3) is 0.333. The average molecular weight is 317 g/mol. The van der Waals surface area contributed by atoms with Crippen molar-refractivity contribution in [1.82, 2.24) is 0 Å². The van der Waals surface area contributed by atoms with E-state index in [2.05, 4.69) is 12.7 Å². The summed E-state index contributed by atoms with van der Waals surface area (Å²) in [6, 6.07) is 6.91. The number of carbonyl (C=O) groups is 2. The molecule has 1 radical (unpaired) electrons. The van der Waals surface area contributed by atoms with Gasteiger partial charge in [0.1, 0.15) is 17.4 Å². The van der Waals surface area contributed by atoms with E-state index in [1.54, 1.807) is 38.1 Å². The Bertz CT molecular complexity index is 552. The molecule has 0 bridgehead atoms. The Hall–Kier alpha value is -2.56. The number of hydrogen-bond acceptors (Lipinski definition) is 5. The molecule has 0 amide bonds. The Morgan fingerprint density at radius 3 is 2.09 bits per heavy atom. The average Bonchev–Trinajstić information content (AvgIpc) is 2.54. The van der Waals surface area contributed by atoms with Gasteiger partial charge in [0.05, 0.1) is 13.2 Å². The number of ether oxygens (including phenoxy) is 3. The molecule has 23 heavy (non-hydrogen) atoms. The lowest BCUT2D eigenvalue weighted by Gasteiger charge is -2.10. The highest BCUT2D eigenvalue weighted by Crippen LogP contribution is 2.17. The van der Waals surface area contributed by atoms with Crippen molar-refractivity contribution >= 4 is 18.0 Å². The summed E-state index contributed by atoms with van der Waals surface area (Å²) < 4.78 is 15.3. The molecule has 1 unspecified atom stereocenters. The van der Waals surface area contributed by atoms with Crippen LogP contribution < -0.4 is 4.74 Å². The first-order chi connectivity index (χ1) is 11.0. The fourth-order valence-corrected chi connectivity index (χ4v) is 1.67. The first-order valence-corrected chi connectivity index (χ1v) is 7.37. The van der Waals surface area contributed by atoms with Gasteiger partial charge in [0, 0.05) is 0 Å². The highest BCUT2D eigenvalue weighted by Gasteiger charge is 2.20. The Kier molecular flexibility index (Phi) is 7.60. The van der Waals surface area contributed by atoms with E-state index in [4.69, 9.17) is 14.2 Å². The highest BCUT2D eigenvalue weighted by molar-refractivity contribution is 6.17. The first kappa shape index (κ1) is 18.5. The van der Waals surface area contributed by atoms with Crippen molar-refractivity contribution < 1.29 is 23.8 Å². The van der Waals surface area contributed by atoms with E-state index in [9.17, 15) is 9.59 Å². The molecular weight excluding hydrogens is 296 g/mol. The van der Waals surface area contributed by atoms with E-state index in [1.807, 2.05) is 6.92 Å². The smallest absolute Gasteiger partial charge is 0.345 e. The minimum Gasteiger partial charge on any atom is -0.486 e. The maximum absolute atomic E-state index is 11.9. The van der Waals surface area contributed by atoms with Crippen LogP contribution in [-0.2, 0) is 19.1 Å². The lowest BCUT2D eigenvalue weighted by molar-refractivity contribution is -0.146. The Balaban J connectivity index is 2.99. The van der Waals surface area contributed by atoms with Crippen LogP contribution in [0.3, 0.4) is 0 Å². The van der Waals surface area contributed by atoms with Gasteiger partial charge in [0.25, 0.3) is 0 Å². The van der Waals surface area contributed by atoms with E-state index < -0.39 is 11.9 Å². The summed E-state index contributed by atoms with van der Waals surface area (Å²) in [5, 5.41) is 0.